The number of nitrogens with two attached hydrogens (primary N) is 1. The van der Waals surface area contributed by atoms with Gasteiger partial charge in [0, 0.05) is 11.1 Å². The molecule has 2 rings (SSSR count). The smallest absolute Gasteiger partial charge is 0.267 e. The van der Waals surface area contributed by atoms with Crippen LogP contribution in [-0.4, -0.2) is 28.6 Å². The molecule has 0 radical (unpaired) electrons. The van der Waals surface area contributed by atoms with Crippen LogP contribution in [-0.2, 0) is 4.79 Å². The van der Waals surface area contributed by atoms with Crippen LogP contribution in [0.2, 0.25) is 0 Å². The molecule has 0 aliphatic rings. The summed E-state index contributed by atoms with van der Waals surface area (Å²) in [6.45, 7) is 3.18. The Bertz CT molecular complexity index is 707. The molecule has 126 valence electrons. The maximum atomic E-state index is 12.3. The van der Waals surface area contributed by atoms with Crippen molar-refractivity contribution in [2.75, 3.05) is 0 Å². The standard InChI is InChI=1S/C18H21N3O3/c1-18(2,19)15(17(23)21-24)20-16(22)14-10-8-13(9-11-14)12-6-4-3-5-7-12/h3-11,15,24H,19H2,1-2H3,(H,20,22)(H,21,23)/t15-/m1/s1. The molecule has 0 unspecified atom stereocenters. The van der Waals surface area contributed by atoms with Crippen LogP contribution >= 0.6 is 0 Å². The first-order valence-electron chi connectivity index (χ1n) is 7.52. The van der Waals surface area contributed by atoms with E-state index in [0.717, 1.165) is 11.1 Å². The molecule has 5 N–H and O–H groups in total. The summed E-state index contributed by atoms with van der Waals surface area (Å²) >= 11 is 0. The number of hydroxylamine groups is 1. The molecule has 2 aromatic carbocycles. The number of rotatable bonds is 5. The third kappa shape index (κ3) is 4.18. The zero-order chi connectivity index (χ0) is 17.7. The van der Waals surface area contributed by atoms with E-state index in [1.54, 1.807) is 26.0 Å². The Labute approximate surface area is 140 Å². The Morgan fingerprint density at radius 3 is 2.04 bits per heavy atom. The van der Waals surface area contributed by atoms with Crippen LogP contribution < -0.4 is 16.5 Å². The maximum absolute atomic E-state index is 12.3. The Balaban J connectivity index is 2.16. The molecular weight excluding hydrogens is 306 g/mol. The molecule has 6 heteroatoms. The highest BCUT2D eigenvalue weighted by Gasteiger charge is 2.33. The van der Waals surface area contributed by atoms with Crippen LogP contribution in [0.4, 0.5) is 0 Å². The molecule has 0 saturated heterocycles. The summed E-state index contributed by atoms with van der Waals surface area (Å²) in [6, 6.07) is 15.7. The summed E-state index contributed by atoms with van der Waals surface area (Å²) in [4.78, 5) is 24.1. The van der Waals surface area contributed by atoms with Crippen LogP contribution in [0.25, 0.3) is 11.1 Å². The minimum absolute atomic E-state index is 0.398. The lowest BCUT2D eigenvalue weighted by molar-refractivity contribution is -0.132. The first-order chi connectivity index (χ1) is 11.3. The van der Waals surface area contributed by atoms with Crippen molar-refractivity contribution in [2.24, 2.45) is 5.73 Å². The second-order valence-corrected chi connectivity index (χ2v) is 6.15. The molecule has 0 heterocycles. The lowest BCUT2D eigenvalue weighted by atomic mass is 9.94. The van der Waals surface area contributed by atoms with Crippen molar-refractivity contribution < 1.29 is 14.8 Å². The van der Waals surface area contributed by atoms with Crippen LogP contribution in [0, 0.1) is 0 Å². The highest BCUT2D eigenvalue weighted by atomic mass is 16.5. The number of hydrogen-bond donors (Lipinski definition) is 4. The van der Waals surface area contributed by atoms with Crippen molar-refractivity contribution in [3.05, 3.63) is 60.2 Å². The lowest BCUT2D eigenvalue weighted by Crippen LogP contribution is -2.61. The summed E-state index contributed by atoms with van der Waals surface area (Å²) in [7, 11) is 0. The average molecular weight is 327 g/mol. The summed E-state index contributed by atoms with van der Waals surface area (Å²) in [5.74, 6) is -1.21. The van der Waals surface area contributed by atoms with E-state index < -0.39 is 23.4 Å². The molecule has 0 saturated carbocycles. The fraction of sp³-hybridized carbons (Fsp3) is 0.222. The van der Waals surface area contributed by atoms with Crippen LogP contribution in [0.15, 0.2) is 54.6 Å². The van der Waals surface area contributed by atoms with E-state index in [0.29, 0.717) is 5.56 Å². The van der Waals surface area contributed by atoms with Gasteiger partial charge in [-0.15, -0.1) is 0 Å². The molecule has 24 heavy (non-hydrogen) atoms. The van der Waals surface area contributed by atoms with Gasteiger partial charge in [0.15, 0.2) is 0 Å². The van der Waals surface area contributed by atoms with Gasteiger partial charge in [0.2, 0.25) is 0 Å². The van der Waals surface area contributed by atoms with Gasteiger partial charge in [-0.05, 0) is 37.1 Å². The third-order valence-electron chi connectivity index (χ3n) is 3.65. The molecule has 0 bridgehead atoms. The highest BCUT2D eigenvalue weighted by Crippen LogP contribution is 2.19. The number of carbonyl (C=O) groups is 2. The zero-order valence-corrected chi connectivity index (χ0v) is 13.6. The largest absolute Gasteiger partial charge is 0.338 e. The van der Waals surface area contributed by atoms with Crippen molar-refractivity contribution >= 4 is 11.8 Å². The summed E-state index contributed by atoms with van der Waals surface area (Å²) in [6.07, 6.45) is 0. The van der Waals surface area contributed by atoms with E-state index in [2.05, 4.69) is 5.32 Å². The minimum atomic E-state index is -1.07. The second kappa shape index (κ2) is 7.25. The van der Waals surface area contributed by atoms with Gasteiger partial charge in [0.05, 0.1) is 0 Å². The summed E-state index contributed by atoms with van der Waals surface area (Å²) < 4.78 is 0. The molecule has 6 nitrogen and oxygen atoms in total. The van der Waals surface area contributed by atoms with Gasteiger partial charge in [-0.25, -0.2) is 5.48 Å². The molecule has 0 fully saturated rings. The topological polar surface area (TPSA) is 104 Å². The van der Waals surface area contributed by atoms with E-state index in [1.807, 2.05) is 42.5 Å². The maximum Gasteiger partial charge on any atom is 0.267 e. The Hall–Kier alpha value is -2.70. The van der Waals surface area contributed by atoms with Gasteiger partial charge in [-0.1, -0.05) is 42.5 Å². The van der Waals surface area contributed by atoms with Crippen molar-refractivity contribution in [3.8, 4) is 11.1 Å². The number of amides is 2. The predicted octanol–water partition coefficient (Wildman–Crippen LogP) is 1.69. The molecule has 0 aliphatic heterocycles. The first kappa shape index (κ1) is 17.7. The van der Waals surface area contributed by atoms with E-state index in [9.17, 15) is 9.59 Å². The Kier molecular flexibility index (Phi) is 5.33. The van der Waals surface area contributed by atoms with Gasteiger partial charge in [0.1, 0.15) is 6.04 Å². The molecule has 1 atom stereocenters. The number of benzene rings is 2. The van der Waals surface area contributed by atoms with Crippen molar-refractivity contribution in [1.29, 1.82) is 0 Å². The molecular formula is C18H21N3O3. The quantitative estimate of drug-likeness (QED) is 0.495. The zero-order valence-electron chi connectivity index (χ0n) is 13.6. The van der Waals surface area contributed by atoms with Gasteiger partial charge in [-0.2, -0.15) is 0 Å². The number of nitrogens with one attached hydrogen (secondary N) is 2. The van der Waals surface area contributed by atoms with Crippen LogP contribution in [0.1, 0.15) is 24.2 Å². The van der Waals surface area contributed by atoms with Gasteiger partial charge in [0.25, 0.3) is 11.8 Å². The number of carbonyl (C=O) groups excluding carboxylic acids is 2. The van der Waals surface area contributed by atoms with Crippen LogP contribution in [0.5, 0.6) is 0 Å². The molecule has 0 spiro atoms. The SMILES string of the molecule is CC(C)(N)[C@H](NC(=O)c1ccc(-c2ccccc2)cc1)C(=O)NO. The fourth-order valence-electron chi connectivity index (χ4n) is 2.31. The van der Waals surface area contributed by atoms with Crippen molar-refractivity contribution in [1.82, 2.24) is 10.8 Å². The average Bonchev–Trinajstić information content (AvgIpc) is 2.58. The normalized spacial score (nSPS) is 12.3. The van der Waals surface area contributed by atoms with Crippen molar-refractivity contribution in [2.45, 2.75) is 25.4 Å². The van der Waals surface area contributed by atoms with E-state index in [1.165, 1.54) is 5.48 Å². The minimum Gasteiger partial charge on any atom is -0.338 e. The van der Waals surface area contributed by atoms with Crippen molar-refractivity contribution in [3.63, 3.8) is 0 Å². The second-order valence-electron chi connectivity index (χ2n) is 6.15. The third-order valence-corrected chi connectivity index (χ3v) is 3.65. The molecule has 2 aromatic rings. The molecule has 0 aromatic heterocycles. The fourth-order valence-corrected chi connectivity index (χ4v) is 2.31. The van der Waals surface area contributed by atoms with E-state index >= 15 is 0 Å². The predicted molar refractivity (Wildman–Crippen MR) is 91.3 cm³/mol. The van der Waals surface area contributed by atoms with E-state index in [-0.39, 0.29) is 0 Å². The van der Waals surface area contributed by atoms with Gasteiger partial charge in [-0.3, -0.25) is 14.8 Å². The summed E-state index contributed by atoms with van der Waals surface area (Å²) in [5, 5.41) is 11.4. The monoisotopic (exact) mass is 327 g/mol. The molecule has 0 aliphatic carbocycles. The van der Waals surface area contributed by atoms with E-state index in [4.69, 9.17) is 10.9 Å². The number of hydrogen-bond acceptors (Lipinski definition) is 4. The van der Waals surface area contributed by atoms with Crippen LogP contribution in [0.3, 0.4) is 0 Å². The van der Waals surface area contributed by atoms with Gasteiger partial charge < -0.3 is 11.1 Å². The molecule has 2 amide bonds. The Morgan fingerprint density at radius 1 is 1.00 bits per heavy atom. The lowest BCUT2D eigenvalue weighted by Gasteiger charge is -2.29. The van der Waals surface area contributed by atoms with Gasteiger partial charge >= 0.3 is 0 Å². The summed E-state index contributed by atoms with van der Waals surface area (Å²) in [5.41, 5.74) is 8.81. The Morgan fingerprint density at radius 2 is 1.54 bits per heavy atom. The highest BCUT2D eigenvalue weighted by molar-refractivity contribution is 5.98. The first-order valence-corrected chi connectivity index (χ1v) is 7.52.